The van der Waals surface area contributed by atoms with Gasteiger partial charge in [-0.05, 0) is 42.8 Å². The average molecular weight is 372 g/mol. The third-order valence-corrected chi connectivity index (χ3v) is 6.07. The fraction of sp³-hybridized carbons (Fsp3) is 0.211. The molecule has 1 aromatic heterocycles. The van der Waals surface area contributed by atoms with E-state index < -0.39 is 15.9 Å². The zero-order chi connectivity index (χ0) is 18.9. The molecule has 6 nitrogen and oxygen atoms in total. The van der Waals surface area contributed by atoms with Crippen LogP contribution in [-0.4, -0.2) is 25.7 Å². The molecule has 3 rings (SSSR count). The maximum Gasteiger partial charge on any atom is 0.404 e. The van der Waals surface area contributed by atoms with Crippen LogP contribution in [0.1, 0.15) is 11.1 Å². The Balaban J connectivity index is 2.02. The van der Waals surface area contributed by atoms with Crippen molar-refractivity contribution < 1.29 is 17.9 Å². The molecule has 136 valence electrons. The van der Waals surface area contributed by atoms with Crippen LogP contribution in [0.15, 0.2) is 58.5 Å². The summed E-state index contributed by atoms with van der Waals surface area (Å²) in [6, 6.07) is 11.9. The van der Waals surface area contributed by atoms with Gasteiger partial charge in [-0.15, -0.1) is 0 Å². The van der Waals surface area contributed by atoms with Crippen molar-refractivity contribution in [2.75, 3.05) is 6.61 Å². The number of sulfone groups is 1. The van der Waals surface area contributed by atoms with Gasteiger partial charge >= 0.3 is 6.09 Å². The number of carbonyl (C=O) groups excluding carboxylic acids is 1. The van der Waals surface area contributed by atoms with Crippen LogP contribution in [0.25, 0.3) is 10.9 Å². The van der Waals surface area contributed by atoms with Crippen molar-refractivity contribution in [1.82, 2.24) is 4.57 Å². The summed E-state index contributed by atoms with van der Waals surface area (Å²) < 4.78 is 32.5. The number of benzene rings is 2. The molecule has 0 aliphatic heterocycles. The summed E-state index contributed by atoms with van der Waals surface area (Å²) in [6.45, 7) is 2.05. The SMILES string of the molecule is Cc1ccc(S(=O)(=O)c2ccc3c(c2)c(CCOC(N)=O)cn3C)cc1. The van der Waals surface area contributed by atoms with Crippen LogP contribution in [0.5, 0.6) is 0 Å². The van der Waals surface area contributed by atoms with E-state index in [4.69, 9.17) is 10.5 Å². The van der Waals surface area contributed by atoms with Gasteiger partial charge in [0.25, 0.3) is 0 Å². The van der Waals surface area contributed by atoms with E-state index in [1.54, 1.807) is 42.5 Å². The van der Waals surface area contributed by atoms with Crippen LogP contribution in [0.2, 0.25) is 0 Å². The zero-order valence-electron chi connectivity index (χ0n) is 14.6. The average Bonchev–Trinajstić information content (AvgIpc) is 2.91. The minimum absolute atomic E-state index is 0.142. The highest BCUT2D eigenvalue weighted by Crippen LogP contribution is 2.28. The first-order valence-electron chi connectivity index (χ1n) is 8.11. The third-order valence-electron chi connectivity index (χ3n) is 4.30. The van der Waals surface area contributed by atoms with Crippen LogP contribution in [0.3, 0.4) is 0 Å². The zero-order valence-corrected chi connectivity index (χ0v) is 15.4. The monoisotopic (exact) mass is 372 g/mol. The van der Waals surface area contributed by atoms with Crippen LogP contribution < -0.4 is 5.73 Å². The topological polar surface area (TPSA) is 91.4 Å². The van der Waals surface area contributed by atoms with Crippen LogP contribution in [-0.2, 0) is 28.0 Å². The second-order valence-electron chi connectivity index (χ2n) is 6.18. The van der Waals surface area contributed by atoms with Crippen molar-refractivity contribution >= 4 is 26.8 Å². The Labute approximate surface area is 152 Å². The molecule has 0 radical (unpaired) electrons. The molecule has 0 atom stereocenters. The van der Waals surface area contributed by atoms with E-state index in [0.717, 1.165) is 22.0 Å². The van der Waals surface area contributed by atoms with E-state index in [2.05, 4.69) is 0 Å². The predicted octanol–water partition coefficient (Wildman–Crippen LogP) is 2.96. The van der Waals surface area contributed by atoms with Crippen molar-refractivity contribution in [2.45, 2.75) is 23.1 Å². The first kappa shape index (κ1) is 18.0. The van der Waals surface area contributed by atoms with Crippen LogP contribution in [0.4, 0.5) is 4.79 Å². The van der Waals surface area contributed by atoms with E-state index >= 15 is 0 Å². The number of primary amides is 1. The summed E-state index contributed by atoms with van der Waals surface area (Å²) in [5.41, 5.74) is 7.78. The van der Waals surface area contributed by atoms with E-state index in [1.807, 2.05) is 24.7 Å². The third kappa shape index (κ3) is 3.43. The lowest BCUT2D eigenvalue weighted by Crippen LogP contribution is -2.14. The number of hydrogen-bond acceptors (Lipinski definition) is 4. The molecule has 0 unspecified atom stereocenters. The molecule has 0 aliphatic carbocycles. The van der Waals surface area contributed by atoms with Crippen molar-refractivity contribution in [1.29, 1.82) is 0 Å². The standard InChI is InChI=1S/C19H20N2O4S/c1-13-3-5-15(6-4-13)26(23,24)16-7-8-18-17(11-16)14(12-21(18)2)9-10-25-19(20)22/h3-8,11-12H,9-10H2,1-2H3,(H2,20,22). The first-order chi connectivity index (χ1) is 12.3. The van der Waals surface area contributed by atoms with E-state index in [0.29, 0.717) is 6.42 Å². The molecule has 7 heteroatoms. The largest absolute Gasteiger partial charge is 0.449 e. The molecular formula is C19H20N2O4S. The molecule has 0 fully saturated rings. The van der Waals surface area contributed by atoms with Gasteiger partial charge in [0.15, 0.2) is 0 Å². The molecule has 1 amide bonds. The second-order valence-corrected chi connectivity index (χ2v) is 8.13. The maximum absolute atomic E-state index is 12.9. The number of aryl methyl sites for hydroxylation is 2. The highest BCUT2D eigenvalue weighted by Gasteiger charge is 2.19. The van der Waals surface area contributed by atoms with Crippen molar-refractivity contribution in [3.05, 3.63) is 59.8 Å². The van der Waals surface area contributed by atoms with Crippen molar-refractivity contribution in [3.63, 3.8) is 0 Å². The minimum Gasteiger partial charge on any atom is -0.449 e. The van der Waals surface area contributed by atoms with Gasteiger partial charge in [0.05, 0.1) is 16.4 Å². The fourth-order valence-corrected chi connectivity index (χ4v) is 4.22. The Morgan fingerprint density at radius 1 is 1.12 bits per heavy atom. The van der Waals surface area contributed by atoms with E-state index in [1.165, 1.54) is 0 Å². The van der Waals surface area contributed by atoms with Crippen molar-refractivity contribution in [3.8, 4) is 0 Å². The van der Waals surface area contributed by atoms with Gasteiger partial charge in [0.1, 0.15) is 0 Å². The minimum atomic E-state index is -3.60. The van der Waals surface area contributed by atoms with Gasteiger partial charge in [-0.2, -0.15) is 0 Å². The van der Waals surface area contributed by atoms with E-state index in [-0.39, 0.29) is 16.4 Å². The van der Waals surface area contributed by atoms with Gasteiger partial charge in [0, 0.05) is 30.6 Å². The maximum atomic E-state index is 12.9. The van der Waals surface area contributed by atoms with E-state index in [9.17, 15) is 13.2 Å². The Kier molecular flexibility index (Phi) is 4.73. The molecule has 0 spiro atoms. The predicted molar refractivity (Wildman–Crippen MR) is 98.8 cm³/mol. The Morgan fingerprint density at radius 2 is 1.77 bits per heavy atom. The molecule has 2 N–H and O–H groups in total. The summed E-state index contributed by atoms with van der Waals surface area (Å²) in [5.74, 6) is 0. The van der Waals surface area contributed by atoms with Gasteiger partial charge in [0.2, 0.25) is 9.84 Å². The Hall–Kier alpha value is -2.80. The number of aromatic nitrogens is 1. The summed E-state index contributed by atoms with van der Waals surface area (Å²) in [5, 5.41) is 0.814. The highest BCUT2D eigenvalue weighted by molar-refractivity contribution is 7.91. The van der Waals surface area contributed by atoms with Gasteiger partial charge in [-0.3, -0.25) is 0 Å². The lowest BCUT2D eigenvalue weighted by atomic mass is 10.1. The summed E-state index contributed by atoms with van der Waals surface area (Å²) in [6.07, 6.45) is 1.53. The number of nitrogens with zero attached hydrogens (tertiary/aromatic N) is 1. The van der Waals surface area contributed by atoms with Gasteiger partial charge < -0.3 is 15.0 Å². The number of rotatable bonds is 5. The Morgan fingerprint density at radius 3 is 2.42 bits per heavy atom. The first-order valence-corrected chi connectivity index (χ1v) is 9.59. The Bertz CT molecular complexity index is 1070. The lowest BCUT2D eigenvalue weighted by Gasteiger charge is -2.07. The van der Waals surface area contributed by atoms with Crippen LogP contribution >= 0.6 is 0 Å². The summed E-state index contributed by atoms with van der Waals surface area (Å²) in [7, 11) is -1.72. The van der Waals surface area contributed by atoms with Gasteiger partial charge in [-0.1, -0.05) is 17.7 Å². The smallest absolute Gasteiger partial charge is 0.404 e. The number of fused-ring (bicyclic) bond motifs is 1. The summed E-state index contributed by atoms with van der Waals surface area (Å²) >= 11 is 0. The number of amides is 1. The molecular weight excluding hydrogens is 352 g/mol. The molecule has 0 saturated heterocycles. The van der Waals surface area contributed by atoms with Gasteiger partial charge in [-0.25, -0.2) is 13.2 Å². The second kappa shape index (κ2) is 6.84. The fourth-order valence-electron chi connectivity index (χ4n) is 2.93. The quantitative estimate of drug-likeness (QED) is 0.745. The van der Waals surface area contributed by atoms with Crippen molar-refractivity contribution in [2.24, 2.45) is 12.8 Å². The molecule has 0 aliphatic rings. The lowest BCUT2D eigenvalue weighted by molar-refractivity contribution is 0.158. The molecule has 2 aromatic carbocycles. The number of hydrogen-bond donors (Lipinski definition) is 1. The molecule has 1 heterocycles. The molecule has 0 saturated carbocycles. The van der Waals surface area contributed by atoms with Crippen LogP contribution in [0, 0.1) is 6.92 Å². The number of nitrogens with two attached hydrogens (primary N) is 1. The molecule has 26 heavy (non-hydrogen) atoms. The number of carbonyl (C=O) groups is 1. The normalized spacial score (nSPS) is 11.6. The molecule has 3 aromatic rings. The highest BCUT2D eigenvalue weighted by atomic mass is 32.2. The molecule has 0 bridgehead atoms. The number of ether oxygens (including phenoxy) is 1. The summed E-state index contributed by atoms with van der Waals surface area (Å²) in [4.78, 5) is 11.2.